The summed E-state index contributed by atoms with van der Waals surface area (Å²) in [6, 6.07) is 16.3. The van der Waals surface area contributed by atoms with Gasteiger partial charge in [-0.1, -0.05) is 36.4 Å². The highest BCUT2D eigenvalue weighted by atomic mass is 16.2. The third-order valence-corrected chi connectivity index (χ3v) is 5.19. The number of likely N-dealkylation sites (tertiary alicyclic amines) is 1. The summed E-state index contributed by atoms with van der Waals surface area (Å²) in [6.45, 7) is 1.61. The molecule has 0 N–H and O–H groups in total. The molecule has 0 saturated carbocycles. The second-order valence-corrected chi connectivity index (χ2v) is 7.06. The lowest BCUT2D eigenvalue weighted by atomic mass is 9.94. The molecule has 1 saturated heterocycles. The van der Waals surface area contributed by atoms with Crippen molar-refractivity contribution in [3.05, 3.63) is 78.5 Å². The van der Waals surface area contributed by atoms with Crippen molar-refractivity contribution in [1.29, 1.82) is 0 Å². The molecule has 0 spiro atoms. The summed E-state index contributed by atoms with van der Waals surface area (Å²) in [5.74, 6) is 1.41. The average Bonchev–Trinajstić information content (AvgIpc) is 3.28. The molecule has 1 aliphatic rings. The fraction of sp³-hybridized carbons (Fsp3) is 0.318. The van der Waals surface area contributed by atoms with Crippen LogP contribution in [0, 0.1) is 0 Å². The first kappa shape index (κ1) is 17.5. The van der Waals surface area contributed by atoms with Gasteiger partial charge in [0.25, 0.3) is 0 Å². The summed E-state index contributed by atoms with van der Waals surface area (Å²) in [5, 5.41) is 0. The number of imidazole rings is 1. The minimum atomic E-state index is 0.245. The Bertz CT molecular complexity index is 876. The van der Waals surface area contributed by atoms with E-state index in [2.05, 4.69) is 23.2 Å². The van der Waals surface area contributed by atoms with Crippen molar-refractivity contribution in [1.82, 2.24) is 19.4 Å². The van der Waals surface area contributed by atoms with E-state index in [1.165, 1.54) is 5.56 Å². The maximum atomic E-state index is 12.7. The van der Waals surface area contributed by atoms with Gasteiger partial charge in [-0.25, -0.2) is 9.97 Å². The lowest BCUT2D eigenvalue weighted by Crippen LogP contribution is -2.39. The molecule has 1 aromatic carbocycles. The predicted molar refractivity (Wildman–Crippen MR) is 105 cm³/mol. The van der Waals surface area contributed by atoms with Gasteiger partial charge in [-0.05, 0) is 37.0 Å². The van der Waals surface area contributed by atoms with Gasteiger partial charge in [0.15, 0.2) is 0 Å². The molecule has 1 aliphatic heterocycles. The van der Waals surface area contributed by atoms with Gasteiger partial charge in [0, 0.05) is 43.5 Å². The van der Waals surface area contributed by atoms with Gasteiger partial charge in [0.1, 0.15) is 12.1 Å². The average molecular weight is 360 g/mol. The number of carbonyl (C=O) groups is 1. The monoisotopic (exact) mass is 360 g/mol. The summed E-state index contributed by atoms with van der Waals surface area (Å²) in [5.41, 5.74) is 2.27. The van der Waals surface area contributed by atoms with Gasteiger partial charge in [-0.15, -0.1) is 0 Å². The van der Waals surface area contributed by atoms with E-state index in [0.29, 0.717) is 12.3 Å². The highest BCUT2D eigenvalue weighted by Crippen LogP contribution is 2.26. The first-order valence-corrected chi connectivity index (χ1v) is 9.56. The number of aryl methyl sites for hydroxylation is 1. The quantitative estimate of drug-likeness (QED) is 0.698. The zero-order valence-corrected chi connectivity index (χ0v) is 15.4. The second-order valence-electron chi connectivity index (χ2n) is 7.06. The van der Waals surface area contributed by atoms with Crippen LogP contribution in [0.15, 0.2) is 67.3 Å². The van der Waals surface area contributed by atoms with Gasteiger partial charge < -0.3 is 4.90 Å². The Kier molecular flexibility index (Phi) is 5.28. The van der Waals surface area contributed by atoms with Crippen molar-refractivity contribution in [3.8, 4) is 5.82 Å². The fourth-order valence-electron chi connectivity index (χ4n) is 3.70. The summed E-state index contributed by atoms with van der Waals surface area (Å²) < 4.78 is 1.91. The number of amides is 1. The number of hydrogen-bond acceptors (Lipinski definition) is 3. The Morgan fingerprint density at radius 2 is 2.00 bits per heavy atom. The van der Waals surface area contributed by atoms with Gasteiger partial charge in [-0.3, -0.25) is 9.36 Å². The van der Waals surface area contributed by atoms with Gasteiger partial charge >= 0.3 is 0 Å². The molecule has 5 heteroatoms. The summed E-state index contributed by atoms with van der Waals surface area (Å²) in [7, 11) is 0. The van der Waals surface area contributed by atoms with Crippen LogP contribution in [0.4, 0.5) is 0 Å². The Balaban J connectivity index is 1.40. The minimum absolute atomic E-state index is 0.245. The molecule has 138 valence electrons. The molecule has 5 nitrogen and oxygen atoms in total. The molecule has 1 fully saturated rings. The van der Waals surface area contributed by atoms with E-state index in [9.17, 15) is 4.79 Å². The van der Waals surface area contributed by atoms with E-state index >= 15 is 0 Å². The molecule has 1 amide bonds. The standard InChI is InChI=1S/C22H24N4O/c27-22(12-11-18-6-2-1-3-7-18)25-14-5-8-19(16-25)20-9-4-10-21(24-20)26-15-13-23-17-26/h1-4,6-7,9-10,13,15,17,19H,5,8,11-12,14,16H2/t19-/m1/s1. The molecular weight excluding hydrogens is 336 g/mol. The highest BCUT2D eigenvalue weighted by Gasteiger charge is 2.25. The zero-order chi connectivity index (χ0) is 18.5. The van der Waals surface area contributed by atoms with Crippen molar-refractivity contribution in [2.45, 2.75) is 31.6 Å². The van der Waals surface area contributed by atoms with Gasteiger partial charge in [0.2, 0.25) is 5.91 Å². The van der Waals surface area contributed by atoms with Crippen molar-refractivity contribution in [3.63, 3.8) is 0 Å². The molecule has 4 rings (SSSR count). The van der Waals surface area contributed by atoms with E-state index in [1.54, 1.807) is 12.5 Å². The first-order valence-electron chi connectivity index (χ1n) is 9.56. The topological polar surface area (TPSA) is 51.0 Å². The largest absolute Gasteiger partial charge is 0.342 e. The third-order valence-electron chi connectivity index (χ3n) is 5.19. The van der Waals surface area contributed by atoms with Crippen LogP contribution in [0.3, 0.4) is 0 Å². The Hall–Kier alpha value is -2.95. The number of aromatic nitrogens is 3. The summed E-state index contributed by atoms with van der Waals surface area (Å²) >= 11 is 0. The molecular formula is C22H24N4O. The first-order chi connectivity index (χ1) is 13.3. The number of piperidine rings is 1. The molecule has 0 unspecified atom stereocenters. The van der Waals surface area contributed by atoms with Crippen molar-refractivity contribution >= 4 is 5.91 Å². The van der Waals surface area contributed by atoms with Crippen molar-refractivity contribution < 1.29 is 4.79 Å². The molecule has 3 aromatic rings. The molecule has 2 aromatic heterocycles. The molecule has 0 radical (unpaired) electrons. The van der Waals surface area contributed by atoms with Crippen molar-refractivity contribution in [2.24, 2.45) is 0 Å². The smallest absolute Gasteiger partial charge is 0.222 e. The molecule has 1 atom stereocenters. The zero-order valence-electron chi connectivity index (χ0n) is 15.4. The van der Waals surface area contributed by atoms with E-state index in [0.717, 1.165) is 43.9 Å². The predicted octanol–water partition coefficient (Wildman–Crippen LogP) is 3.61. The normalized spacial score (nSPS) is 17.0. The van der Waals surface area contributed by atoms with Crippen LogP contribution in [-0.2, 0) is 11.2 Å². The fourth-order valence-corrected chi connectivity index (χ4v) is 3.70. The number of benzene rings is 1. The van der Waals surface area contributed by atoms with Crippen LogP contribution < -0.4 is 0 Å². The van der Waals surface area contributed by atoms with E-state index < -0.39 is 0 Å². The molecule has 0 bridgehead atoms. The van der Waals surface area contributed by atoms with Crippen molar-refractivity contribution in [2.75, 3.05) is 13.1 Å². The van der Waals surface area contributed by atoms with Crippen LogP contribution in [0.5, 0.6) is 0 Å². The van der Waals surface area contributed by atoms with Crippen LogP contribution in [-0.4, -0.2) is 38.4 Å². The van der Waals surface area contributed by atoms with Crippen LogP contribution in [0.1, 0.15) is 36.4 Å². The highest BCUT2D eigenvalue weighted by molar-refractivity contribution is 5.76. The summed E-state index contributed by atoms with van der Waals surface area (Å²) in [6.07, 6.45) is 8.87. The number of carbonyl (C=O) groups excluding carboxylic acids is 1. The number of rotatable bonds is 5. The van der Waals surface area contributed by atoms with E-state index in [4.69, 9.17) is 4.98 Å². The lowest BCUT2D eigenvalue weighted by molar-refractivity contribution is -0.132. The van der Waals surface area contributed by atoms with E-state index in [-0.39, 0.29) is 5.91 Å². The Morgan fingerprint density at radius 1 is 1.11 bits per heavy atom. The summed E-state index contributed by atoms with van der Waals surface area (Å²) in [4.78, 5) is 23.6. The number of nitrogens with zero attached hydrogens (tertiary/aromatic N) is 4. The number of hydrogen-bond donors (Lipinski definition) is 0. The maximum Gasteiger partial charge on any atom is 0.222 e. The molecule has 0 aliphatic carbocycles. The molecule has 27 heavy (non-hydrogen) atoms. The lowest BCUT2D eigenvalue weighted by Gasteiger charge is -2.32. The third kappa shape index (κ3) is 4.25. The van der Waals surface area contributed by atoms with Crippen LogP contribution in [0.25, 0.3) is 5.82 Å². The Morgan fingerprint density at radius 3 is 2.81 bits per heavy atom. The minimum Gasteiger partial charge on any atom is -0.342 e. The van der Waals surface area contributed by atoms with E-state index in [1.807, 2.05) is 46.0 Å². The second kappa shape index (κ2) is 8.16. The molecule has 3 heterocycles. The van der Waals surface area contributed by atoms with Crippen LogP contribution in [0.2, 0.25) is 0 Å². The van der Waals surface area contributed by atoms with Crippen LogP contribution >= 0.6 is 0 Å². The van der Waals surface area contributed by atoms with Gasteiger partial charge in [0.05, 0.1) is 0 Å². The Labute approximate surface area is 159 Å². The van der Waals surface area contributed by atoms with Gasteiger partial charge in [-0.2, -0.15) is 0 Å². The SMILES string of the molecule is O=C(CCc1ccccc1)N1CCC[C@@H](c2cccc(-n3ccnc3)n2)C1. The maximum absolute atomic E-state index is 12.7. The number of pyridine rings is 1.